The van der Waals surface area contributed by atoms with Crippen molar-refractivity contribution in [3.63, 3.8) is 0 Å². The monoisotopic (exact) mass is 346 g/mol. The predicted molar refractivity (Wildman–Crippen MR) is 87.2 cm³/mol. The summed E-state index contributed by atoms with van der Waals surface area (Å²) in [6.07, 6.45) is 1.30. The molecular formula is C17H15FN2O5. The van der Waals surface area contributed by atoms with Gasteiger partial charge in [-0.1, -0.05) is 24.3 Å². The van der Waals surface area contributed by atoms with Gasteiger partial charge in [0.05, 0.1) is 6.21 Å². The molecule has 0 spiro atoms. The van der Waals surface area contributed by atoms with Gasteiger partial charge in [0.2, 0.25) is 0 Å². The molecule has 0 aliphatic rings. The Morgan fingerprint density at radius 1 is 1.04 bits per heavy atom. The van der Waals surface area contributed by atoms with Crippen LogP contribution < -0.4 is 14.9 Å². The second kappa shape index (κ2) is 9.02. The van der Waals surface area contributed by atoms with Gasteiger partial charge in [0.25, 0.3) is 5.91 Å². The van der Waals surface area contributed by atoms with Crippen LogP contribution in [0, 0.1) is 5.82 Å². The van der Waals surface area contributed by atoms with Gasteiger partial charge < -0.3 is 14.6 Å². The first-order chi connectivity index (χ1) is 12.1. The maximum Gasteiger partial charge on any atom is 0.341 e. The van der Waals surface area contributed by atoms with Crippen molar-refractivity contribution in [1.29, 1.82) is 0 Å². The number of hydrogen-bond acceptors (Lipinski definition) is 5. The van der Waals surface area contributed by atoms with Crippen molar-refractivity contribution in [2.75, 3.05) is 13.2 Å². The van der Waals surface area contributed by atoms with Crippen LogP contribution in [0.15, 0.2) is 53.6 Å². The third-order valence-corrected chi connectivity index (χ3v) is 2.86. The number of carbonyl (C=O) groups is 2. The van der Waals surface area contributed by atoms with Crippen molar-refractivity contribution >= 4 is 18.1 Å². The number of benzene rings is 2. The lowest BCUT2D eigenvalue weighted by molar-refractivity contribution is -0.139. The molecule has 0 bridgehead atoms. The van der Waals surface area contributed by atoms with E-state index in [9.17, 15) is 14.0 Å². The summed E-state index contributed by atoms with van der Waals surface area (Å²) in [6, 6.07) is 12.3. The molecule has 0 heterocycles. The number of carboxylic acids is 1. The van der Waals surface area contributed by atoms with Crippen molar-refractivity contribution in [2.45, 2.75) is 0 Å². The van der Waals surface area contributed by atoms with Crippen molar-refractivity contribution in [3.05, 3.63) is 59.9 Å². The van der Waals surface area contributed by atoms with E-state index in [1.807, 2.05) is 0 Å². The lowest BCUT2D eigenvalue weighted by atomic mass is 10.2. The van der Waals surface area contributed by atoms with Gasteiger partial charge in [-0.05, 0) is 24.3 Å². The van der Waals surface area contributed by atoms with Crippen LogP contribution in [-0.2, 0) is 9.59 Å². The zero-order chi connectivity index (χ0) is 18.1. The highest BCUT2D eigenvalue weighted by atomic mass is 19.1. The Morgan fingerprint density at radius 3 is 2.40 bits per heavy atom. The molecule has 8 heteroatoms. The number of ether oxygens (including phenoxy) is 2. The Hall–Kier alpha value is -3.42. The van der Waals surface area contributed by atoms with Gasteiger partial charge in [-0.25, -0.2) is 14.6 Å². The van der Waals surface area contributed by atoms with Gasteiger partial charge in [-0.3, -0.25) is 4.79 Å². The molecule has 0 aliphatic carbocycles. The molecule has 0 radical (unpaired) electrons. The minimum Gasteiger partial charge on any atom is -0.481 e. The highest BCUT2D eigenvalue weighted by molar-refractivity contribution is 5.85. The van der Waals surface area contributed by atoms with Crippen LogP contribution in [0.2, 0.25) is 0 Å². The summed E-state index contributed by atoms with van der Waals surface area (Å²) >= 11 is 0. The van der Waals surface area contributed by atoms with Gasteiger partial charge in [0.1, 0.15) is 5.75 Å². The molecule has 0 unspecified atom stereocenters. The Balaban J connectivity index is 1.87. The third kappa shape index (κ3) is 5.94. The lowest BCUT2D eigenvalue weighted by Gasteiger charge is -2.07. The van der Waals surface area contributed by atoms with Crippen molar-refractivity contribution < 1.29 is 28.6 Å². The largest absolute Gasteiger partial charge is 0.481 e. The molecule has 2 rings (SSSR count). The normalized spacial score (nSPS) is 10.4. The van der Waals surface area contributed by atoms with Crippen LogP contribution in [0.5, 0.6) is 11.5 Å². The van der Waals surface area contributed by atoms with E-state index in [-0.39, 0.29) is 5.75 Å². The highest BCUT2D eigenvalue weighted by Crippen LogP contribution is 2.16. The molecule has 1 amide bonds. The number of rotatable bonds is 8. The number of amides is 1. The molecule has 0 saturated carbocycles. The first-order valence-electron chi connectivity index (χ1n) is 7.19. The predicted octanol–water partition coefficient (Wildman–Crippen LogP) is 1.82. The number of nitrogens with one attached hydrogen (secondary N) is 1. The maximum absolute atomic E-state index is 13.3. The van der Waals surface area contributed by atoms with Gasteiger partial charge in [0, 0.05) is 5.56 Å². The fourth-order valence-corrected chi connectivity index (χ4v) is 1.77. The van der Waals surface area contributed by atoms with Gasteiger partial charge in [0.15, 0.2) is 24.8 Å². The number of carbonyl (C=O) groups excluding carboxylic acids is 1. The Bertz CT molecular complexity index is 779. The standard InChI is InChI=1S/C17H15FN2O5/c18-13-6-2-4-8-15(13)24-10-16(21)20-19-9-12-5-1-3-7-14(12)25-11-17(22)23/h1-9H,10-11H2,(H,20,21)(H,22,23)/b19-9+. The topological polar surface area (TPSA) is 97.2 Å². The summed E-state index contributed by atoms with van der Waals surface area (Å²) in [5.74, 6) is -1.98. The number of hydrogen-bond donors (Lipinski definition) is 2. The van der Waals surface area contributed by atoms with E-state index in [1.165, 1.54) is 24.4 Å². The fourth-order valence-electron chi connectivity index (χ4n) is 1.77. The minimum absolute atomic E-state index is 0.0333. The van der Waals surface area contributed by atoms with Crippen LogP contribution >= 0.6 is 0 Å². The van der Waals surface area contributed by atoms with Crippen LogP contribution in [0.4, 0.5) is 4.39 Å². The summed E-state index contributed by atoms with van der Waals surface area (Å²) in [7, 11) is 0. The quantitative estimate of drug-likeness (QED) is 0.561. The molecule has 7 nitrogen and oxygen atoms in total. The van der Waals surface area contributed by atoms with Gasteiger partial charge in [-0.2, -0.15) is 5.10 Å². The van der Waals surface area contributed by atoms with E-state index in [2.05, 4.69) is 10.5 Å². The molecule has 0 aromatic heterocycles. The minimum atomic E-state index is -1.11. The number of halogens is 1. The van der Waals surface area contributed by atoms with Crippen molar-refractivity contribution in [1.82, 2.24) is 5.43 Å². The summed E-state index contributed by atoms with van der Waals surface area (Å²) in [5, 5.41) is 12.4. The summed E-state index contributed by atoms with van der Waals surface area (Å²) in [6.45, 7) is -0.900. The molecule has 0 aliphatic heterocycles. The number of aliphatic carboxylic acids is 1. The second-order valence-electron chi connectivity index (χ2n) is 4.73. The molecule has 130 valence electrons. The number of nitrogens with zero attached hydrogens (tertiary/aromatic N) is 1. The smallest absolute Gasteiger partial charge is 0.341 e. The molecule has 2 aromatic rings. The molecule has 2 aromatic carbocycles. The van der Waals surface area contributed by atoms with Crippen LogP contribution in [-0.4, -0.2) is 36.4 Å². The second-order valence-corrected chi connectivity index (χ2v) is 4.73. The van der Waals surface area contributed by atoms with E-state index in [1.54, 1.807) is 30.3 Å². The van der Waals surface area contributed by atoms with Crippen molar-refractivity contribution in [3.8, 4) is 11.5 Å². The average molecular weight is 346 g/mol. The summed E-state index contributed by atoms with van der Waals surface area (Å²) in [5.41, 5.74) is 2.71. The lowest BCUT2D eigenvalue weighted by Crippen LogP contribution is -2.24. The van der Waals surface area contributed by atoms with E-state index < -0.39 is 30.9 Å². The van der Waals surface area contributed by atoms with Gasteiger partial charge in [-0.15, -0.1) is 0 Å². The van der Waals surface area contributed by atoms with Crippen molar-refractivity contribution in [2.24, 2.45) is 5.10 Å². The summed E-state index contributed by atoms with van der Waals surface area (Å²) in [4.78, 5) is 22.2. The molecule has 0 atom stereocenters. The van der Waals surface area contributed by atoms with E-state index >= 15 is 0 Å². The van der Waals surface area contributed by atoms with Crippen LogP contribution in [0.1, 0.15) is 5.56 Å². The van der Waals surface area contributed by atoms with Crippen LogP contribution in [0.25, 0.3) is 0 Å². The zero-order valence-corrected chi connectivity index (χ0v) is 13.0. The van der Waals surface area contributed by atoms with Gasteiger partial charge >= 0.3 is 5.97 Å². The number of hydrazone groups is 1. The summed E-state index contributed by atoms with van der Waals surface area (Å²) < 4.78 is 23.5. The molecule has 25 heavy (non-hydrogen) atoms. The first kappa shape index (κ1) is 17.9. The maximum atomic E-state index is 13.3. The SMILES string of the molecule is O=C(O)COc1ccccc1/C=N/NC(=O)COc1ccccc1F. The van der Waals surface area contributed by atoms with E-state index in [0.717, 1.165) is 0 Å². The third-order valence-electron chi connectivity index (χ3n) is 2.86. The van der Waals surface area contributed by atoms with Crippen LogP contribution in [0.3, 0.4) is 0 Å². The number of carboxylic acid groups (broad SMARTS) is 1. The van der Waals surface area contributed by atoms with E-state index in [0.29, 0.717) is 11.3 Å². The highest BCUT2D eigenvalue weighted by Gasteiger charge is 2.06. The zero-order valence-electron chi connectivity index (χ0n) is 13.0. The number of para-hydroxylation sites is 2. The molecule has 0 fully saturated rings. The fraction of sp³-hybridized carbons (Fsp3) is 0.118. The molecule has 0 saturated heterocycles. The molecule has 2 N–H and O–H groups in total. The Kier molecular flexibility index (Phi) is 6.47. The Morgan fingerprint density at radius 2 is 1.68 bits per heavy atom. The average Bonchev–Trinajstić information content (AvgIpc) is 2.60. The molecular weight excluding hydrogens is 331 g/mol. The Labute approximate surface area is 142 Å². The van der Waals surface area contributed by atoms with E-state index in [4.69, 9.17) is 14.6 Å². The first-order valence-corrected chi connectivity index (χ1v) is 7.19.